The van der Waals surface area contributed by atoms with Crippen LogP contribution in [0.3, 0.4) is 0 Å². The molecule has 0 atom stereocenters. The normalized spacial score (nSPS) is 16.8. The lowest BCUT2D eigenvalue weighted by atomic mass is 10.1. The fourth-order valence-corrected chi connectivity index (χ4v) is 2.43. The lowest BCUT2D eigenvalue weighted by Gasteiger charge is -2.29. The minimum atomic E-state index is -1.88. The van der Waals surface area contributed by atoms with Gasteiger partial charge < -0.3 is 9.64 Å². The van der Waals surface area contributed by atoms with Gasteiger partial charge in [-0.2, -0.15) is 5.10 Å². The summed E-state index contributed by atoms with van der Waals surface area (Å²) in [5.41, 5.74) is 0.963. The minimum Gasteiger partial charge on any atom is -0.444 e. The molecule has 0 saturated heterocycles. The summed E-state index contributed by atoms with van der Waals surface area (Å²) in [6.07, 6.45) is -0.601. The summed E-state index contributed by atoms with van der Waals surface area (Å²) in [4.78, 5) is 17.8. The van der Waals surface area contributed by atoms with Crippen LogP contribution in [0.1, 0.15) is 35.2 Å². The van der Waals surface area contributed by atoms with Crippen LogP contribution in [0.15, 0.2) is 18.2 Å². The molecule has 23 heavy (non-hydrogen) atoms. The third-order valence-corrected chi connectivity index (χ3v) is 3.19. The van der Waals surface area contributed by atoms with Crippen molar-refractivity contribution in [3.05, 3.63) is 29.8 Å². The van der Waals surface area contributed by atoms with Crippen LogP contribution in [0, 0.1) is 6.92 Å². The van der Waals surface area contributed by atoms with E-state index in [1.54, 1.807) is 52.9 Å². The second-order valence-corrected chi connectivity index (χ2v) is 6.37. The molecule has 1 N–H and O–H groups in total. The molecule has 1 aliphatic rings. The lowest BCUT2D eigenvalue weighted by molar-refractivity contribution is 0.0636. The fourth-order valence-electron chi connectivity index (χ4n) is 2.43. The SMILES string of the molecule is [2H]C1([2H])c2nc(C)nn2-c2cccc(NC(=O)OC(C)(C)C)c2N1C. The number of carbonyl (C=O) groups excluding carboxylic acids is 1. The quantitative estimate of drug-likeness (QED) is 0.875. The van der Waals surface area contributed by atoms with Crippen molar-refractivity contribution in [1.29, 1.82) is 0 Å². The fraction of sp³-hybridized carbons (Fsp3) is 0.438. The summed E-state index contributed by atoms with van der Waals surface area (Å²) in [6, 6.07) is 5.27. The van der Waals surface area contributed by atoms with Crippen LogP contribution >= 0.6 is 0 Å². The largest absolute Gasteiger partial charge is 0.444 e. The highest BCUT2D eigenvalue weighted by Gasteiger charge is 2.26. The first-order chi connectivity index (χ1) is 11.5. The van der Waals surface area contributed by atoms with E-state index in [4.69, 9.17) is 7.48 Å². The van der Waals surface area contributed by atoms with Crippen LogP contribution < -0.4 is 10.2 Å². The number of aryl methyl sites for hydroxylation is 1. The van der Waals surface area contributed by atoms with Crippen molar-refractivity contribution in [2.45, 2.75) is 39.8 Å². The van der Waals surface area contributed by atoms with Crippen LogP contribution in [0.4, 0.5) is 16.2 Å². The number of nitrogens with one attached hydrogen (secondary N) is 1. The van der Waals surface area contributed by atoms with E-state index in [2.05, 4.69) is 15.4 Å². The Morgan fingerprint density at radius 2 is 2.17 bits per heavy atom. The van der Waals surface area contributed by atoms with E-state index in [1.165, 1.54) is 9.58 Å². The Hall–Kier alpha value is -2.57. The average Bonchev–Trinajstić information content (AvgIpc) is 2.86. The summed E-state index contributed by atoms with van der Waals surface area (Å²) >= 11 is 0. The maximum atomic E-state index is 12.2. The number of nitrogens with zero attached hydrogens (tertiary/aromatic N) is 4. The Morgan fingerprint density at radius 3 is 2.87 bits per heavy atom. The molecular formula is C16H21N5O2. The molecule has 7 nitrogen and oxygen atoms in total. The molecule has 1 aromatic heterocycles. The van der Waals surface area contributed by atoms with E-state index >= 15 is 0 Å². The van der Waals surface area contributed by atoms with Crippen molar-refractivity contribution in [2.75, 3.05) is 17.3 Å². The minimum absolute atomic E-state index is 0.203. The number of carbonyl (C=O) groups is 1. The van der Waals surface area contributed by atoms with E-state index in [1.807, 2.05) is 0 Å². The van der Waals surface area contributed by atoms with Gasteiger partial charge in [0, 0.05) is 7.05 Å². The van der Waals surface area contributed by atoms with Crippen molar-refractivity contribution in [3.8, 4) is 5.69 Å². The van der Waals surface area contributed by atoms with E-state index in [-0.39, 0.29) is 5.82 Å². The highest BCUT2D eigenvalue weighted by molar-refractivity contribution is 5.92. The summed E-state index contributed by atoms with van der Waals surface area (Å²) in [7, 11) is 1.62. The van der Waals surface area contributed by atoms with Crippen molar-refractivity contribution in [3.63, 3.8) is 0 Å². The number of ether oxygens (including phenoxy) is 1. The first-order valence-corrected chi connectivity index (χ1v) is 7.32. The summed E-state index contributed by atoms with van der Waals surface area (Å²) < 4.78 is 23.6. The van der Waals surface area contributed by atoms with Crippen LogP contribution in [-0.4, -0.2) is 33.5 Å². The molecule has 1 amide bonds. The maximum Gasteiger partial charge on any atom is 0.412 e. The number of aromatic nitrogens is 3. The molecule has 2 aromatic rings. The zero-order valence-corrected chi connectivity index (χ0v) is 13.8. The summed E-state index contributed by atoms with van der Waals surface area (Å²) in [5.74, 6) is 0.681. The van der Waals surface area contributed by atoms with E-state index in [0.29, 0.717) is 22.9 Å². The predicted molar refractivity (Wildman–Crippen MR) is 88.1 cm³/mol. The third-order valence-electron chi connectivity index (χ3n) is 3.19. The summed E-state index contributed by atoms with van der Waals surface area (Å²) in [5, 5.41) is 7.00. The van der Waals surface area contributed by atoms with E-state index < -0.39 is 18.2 Å². The Balaban J connectivity index is 2.08. The topological polar surface area (TPSA) is 72.3 Å². The molecule has 2 heterocycles. The zero-order valence-electron chi connectivity index (χ0n) is 15.8. The highest BCUT2D eigenvalue weighted by Crippen LogP contribution is 2.36. The molecule has 0 spiro atoms. The standard InChI is InChI=1S/C16H21N5O2/c1-10-17-13-9-20(5)14-11(18-15(22)23-16(2,3)4)7-6-8-12(14)21(13)19-10/h6-8H,9H2,1-5H3,(H,18,22)/i9D2. The molecule has 1 aliphatic heterocycles. The molecule has 0 unspecified atom stereocenters. The average molecular weight is 317 g/mol. The number of para-hydroxylation sites is 1. The second-order valence-electron chi connectivity index (χ2n) is 6.37. The van der Waals surface area contributed by atoms with Gasteiger partial charge in [-0.05, 0) is 39.8 Å². The van der Waals surface area contributed by atoms with Gasteiger partial charge in [-0.15, -0.1) is 0 Å². The predicted octanol–water partition coefficient (Wildman–Crippen LogP) is 2.87. The Morgan fingerprint density at radius 1 is 1.43 bits per heavy atom. The molecule has 0 fully saturated rings. The van der Waals surface area contributed by atoms with E-state index in [9.17, 15) is 4.79 Å². The van der Waals surface area contributed by atoms with Gasteiger partial charge in [0.1, 0.15) is 11.4 Å². The van der Waals surface area contributed by atoms with Crippen LogP contribution in [0.2, 0.25) is 0 Å². The number of hydrogen-bond acceptors (Lipinski definition) is 5. The maximum absolute atomic E-state index is 12.2. The lowest BCUT2D eigenvalue weighted by Crippen LogP contribution is -2.30. The number of anilines is 2. The van der Waals surface area contributed by atoms with Crippen LogP contribution in [0.5, 0.6) is 0 Å². The zero-order chi connectivity index (χ0) is 18.6. The number of fused-ring (bicyclic) bond motifs is 3. The molecule has 1 aromatic carbocycles. The molecule has 0 radical (unpaired) electrons. The molecule has 7 heteroatoms. The monoisotopic (exact) mass is 317 g/mol. The van der Waals surface area contributed by atoms with Crippen molar-refractivity contribution >= 4 is 17.5 Å². The number of rotatable bonds is 1. The van der Waals surface area contributed by atoms with Gasteiger partial charge in [0.25, 0.3) is 0 Å². The van der Waals surface area contributed by atoms with Crippen LogP contribution in [-0.2, 0) is 11.2 Å². The molecule has 0 aliphatic carbocycles. The van der Waals surface area contributed by atoms with Gasteiger partial charge in [-0.1, -0.05) is 6.07 Å². The molecule has 3 rings (SSSR count). The second kappa shape index (κ2) is 5.26. The van der Waals surface area contributed by atoms with Gasteiger partial charge in [0.2, 0.25) is 0 Å². The van der Waals surface area contributed by atoms with Gasteiger partial charge in [0.05, 0.1) is 26.3 Å². The first-order valence-electron chi connectivity index (χ1n) is 8.32. The Labute approximate surface area is 138 Å². The first kappa shape index (κ1) is 12.9. The summed E-state index contributed by atoms with van der Waals surface area (Å²) in [6.45, 7) is 5.18. The van der Waals surface area contributed by atoms with Gasteiger partial charge >= 0.3 is 6.09 Å². The molecular weight excluding hydrogens is 294 g/mol. The van der Waals surface area contributed by atoms with E-state index in [0.717, 1.165) is 0 Å². The number of benzene rings is 1. The smallest absolute Gasteiger partial charge is 0.412 e. The molecule has 0 bridgehead atoms. The van der Waals surface area contributed by atoms with Crippen molar-refractivity contribution in [1.82, 2.24) is 14.8 Å². The Bertz CT molecular complexity index is 842. The highest BCUT2D eigenvalue weighted by atomic mass is 16.6. The Kier molecular flexibility index (Phi) is 2.95. The third kappa shape index (κ3) is 2.99. The van der Waals surface area contributed by atoms with Gasteiger partial charge in [0.15, 0.2) is 5.82 Å². The van der Waals surface area contributed by atoms with Gasteiger partial charge in [-0.3, -0.25) is 5.32 Å². The molecule has 122 valence electrons. The van der Waals surface area contributed by atoms with Gasteiger partial charge in [-0.25, -0.2) is 14.5 Å². The van der Waals surface area contributed by atoms with Crippen molar-refractivity contribution < 1.29 is 12.3 Å². The molecule has 0 saturated carbocycles. The van der Waals surface area contributed by atoms with Crippen LogP contribution in [0.25, 0.3) is 5.69 Å². The number of amides is 1. The number of hydrogen-bond donors (Lipinski definition) is 1. The van der Waals surface area contributed by atoms with Crippen molar-refractivity contribution in [2.24, 2.45) is 0 Å².